The number of amides is 1. The first-order chi connectivity index (χ1) is 10.7. The van der Waals surface area contributed by atoms with E-state index >= 15 is 0 Å². The molecule has 1 N–H and O–H groups in total. The van der Waals surface area contributed by atoms with Gasteiger partial charge in [-0.15, -0.1) is 0 Å². The second-order valence-corrected chi connectivity index (χ2v) is 5.35. The van der Waals surface area contributed by atoms with Gasteiger partial charge in [-0.2, -0.15) is 5.26 Å². The Hall–Kier alpha value is -2.54. The van der Waals surface area contributed by atoms with Gasteiger partial charge in [-0.05, 0) is 25.5 Å². The SMILES string of the molecule is CCC(C)NC(=O)/C=C/c1cn(CCC#N)c2ccccc12. The van der Waals surface area contributed by atoms with E-state index in [2.05, 4.69) is 16.0 Å². The number of nitrogens with zero attached hydrogens (tertiary/aromatic N) is 2. The number of carbonyl (C=O) groups excluding carboxylic acids is 1. The van der Waals surface area contributed by atoms with Crippen molar-refractivity contribution in [3.8, 4) is 6.07 Å². The lowest BCUT2D eigenvalue weighted by atomic mass is 10.1. The average Bonchev–Trinajstić information content (AvgIpc) is 2.89. The zero-order valence-corrected chi connectivity index (χ0v) is 13.0. The fourth-order valence-corrected chi connectivity index (χ4v) is 2.32. The summed E-state index contributed by atoms with van der Waals surface area (Å²) >= 11 is 0. The molecule has 4 nitrogen and oxygen atoms in total. The van der Waals surface area contributed by atoms with Crippen molar-refractivity contribution in [1.29, 1.82) is 5.26 Å². The first-order valence-corrected chi connectivity index (χ1v) is 7.59. The summed E-state index contributed by atoms with van der Waals surface area (Å²) in [5.74, 6) is -0.0804. The lowest BCUT2D eigenvalue weighted by molar-refractivity contribution is -0.117. The van der Waals surface area contributed by atoms with Crippen LogP contribution >= 0.6 is 0 Å². The molecular weight excluding hydrogens is 274 g/mol. The van der Waals surface area contributed by atoms with E-state index in [4.69, 9.17) is 5.26 Å². The lowest BCUT2D eigenvalue weighted by Crippen LogP contribution is -2.30. The average molecular weight is 295 g/mol. The van der Waals surface area contributed by atoms with E-state index in [0.717, 1.165) is 22.9 Å². The number of fused-ring (bicyclic) bond motifs is 1. The van der Waals surface area contributed by atoms with E-state index in [1.165, 1.54) is 0 Å². The summed E-state index contributed by atoms with van der Waals surface area (Å²) < 4.78 is 2.06. The number of benzene rings is 1. The molecule has 0 radical (unpaired) electrons. The molecule has 1 aromatic carbocycles. The molecule has 4 heteroatoms. The molecule has 0 aliphatic rings. The summed E-state index contributed by atoms with van der Waals surface area (Å²) in [6.45, 7) is 4.68. The Morgan fingerprint density at radius 3 is 2.95 bits per heavy atom. The highest BCUT2D eigenvalue weighted by molar-refractivity contribution is 5.96. The number of nitrogens with one attached hydrogen (secondary N) is 1. The van der Waals surface area contributed by atoms with Gasteiger partial charge in [-0.3, -0.25) is 4.79 Å². The van der Waals surface area contributed by atoms with Crippen LogP contribution in [0.1, 0.15) is 32.3 Å². The second-order valence-electron chi connectivity index (χ2n) is 5.35. The number of carbonyl (C=O) groups is 1. The Balaban J connectivity index is 2.24. The van der Waals surface area contributed by atoms with Gasteiger partial charge in [0, 0.05) is 41.3 Å². The summed E-state index contributed by atoms with van der Waals surface area (Å²) in [6.07, 6.45) is 6.78. The topological polar surface area (TPSA) is 57.8 Å². The standard InChI is InChI=1S/C18H21N3O/c1-3-14(2)20-18(22)10-9-15-13-21(12-6-11-19)17-8-5-4-7-16(15)17/h4-5,7-10,13-14H,3,6,12H2,1-2H3,(H,20,22)/b10-9+. The van der Waals surface area contributed by atoms with Crippen LogP contribution in [-0.4, -0.2) is 16.5 Å². The second kappa shape index (κ2) is 7.46. The van der Waals surface area contributed by atoms with Crippen molar-refractivity contribution in [1.82, 2.24) is 9.88 Å². The Morgan fingerprint density at radius 1 is 1.45 bits per heavy atom. The van der Waals surface area contributed by atoms with Crippen molar-refractivity contribution >= 4 is 22.9 Å². The maximum atomic E-state index is 11.9. The molecular formula is C18H21N3O. The van der Waals surface area contributed by atoms with Crippen LogP contribution in [0.4, 0.5) is 0 Å². The van der Waals surface area contributed by atoms with Crippen LogP contribution in [0, 0.1) is 11.3 Å². The smallest absolute Gasteiger partial charge is 0.244 e. The fraction of sp³-hybridized carbons (Fsp3) is 0.333. The molecule has 0 fully saturated rings. The van der Waals surface area contributed by atoms with Crippen molar-refractivity contribution in [3.05, 3.63) is 42.1 Å². The highest BCUT2D eigenvalue weighted by atomic mass is 16.1. The third-order valence-electron chi connectivity index (χ3n) is 3.70. The molecule has 1 unspecified atom stereocenters. The Labute approximate surface area is 131 Å². The summed E-state index contributed by atoms with van der Waals surface area (Å²) in [5, 5.41) is 12.8. The number of rotatable bonds is 6. The van der Waals surface area contributed by atoms with E-state index in [-0.39, 0.29) is 11.9 Å². The van der Waals surface area contributed by atoms with Crippen molar-refractivity contribution in [2.75, 3.05) is 0 Å². The molecule has 0 saturated carbocycles. The minimum Gasteiger partial charge on any atom is -0.350 e. The highest BCUT2D eigenvalue weighted by Gasteiger charge is 2.06. The molecule has 0 aliphatic heterocycles. The summed E-state index contributed by atoms with van der Waals surface area (Å²) in [6, 6.07) is 10.4. The predicted octanol–water partition coefficient (Wildman–Crippen LogP) is 3.48. The largest absolute Gasteiger partial charge is 0.350 e. The molecule has 0 bridgehead atoms. The maximum Gasteiger partial charge on any atom is 0.244 e. The van der Waals surface area contributed by atoms with Gasteiger partial charge in [0.15, 0.2) is 0 Å². The maximum absolute atomic E-state index is 11.9. The molecule has 22 heavy (non-hydrogen) atoms. The molecule has 1 atom stereocenters. The molecule has 0 aliphatic carbocycles. The summed E-state index contributed by atoms with van der Waals surface area (Å²) in [4.78, 5) is 11.9. The zero-order chi connectivity index (χ0) is 15.9. The van der Waals surface area contributed by atoms with E-state index < -0.39 is 0 Å². The van der Waals surface area contributed by atoms with E-state index in [1.807, 2.05) is 50.4 Å². The zero-order valence-electron chi connectivity index (χ0n) is 13.0. The van der Waals surface area contributed by atoms with Gasteiger partial charge >= 0.3 is 0 Å². The number of para-hydroxylation sites is 1. The molecule has 1 heterocycles. The van der Waals surface area contributed by atoms with Crippen LogP contribution in [-0.2, 0) is 11.3 Å². The van der Waals surface area contributed by atoms with Gasteiger partial charge in [0.05, 0.1) is 12.5 Å². The summed E-state index contributed by atoms with van der Waals surface area (Å²) in [7, 11) is 0. The van der Waals surface area contributed by atoms with Crippen LogP contribution in [0.25, 0.3) is 17.0 Å². The molecule has 0 spiro atoms. The van der Waals surface area contributed by atoms with E-state index in [1.54, 1.807) is 6.08 Å². The monoisotopic (exact) mass is 295 g/mol. The predicted molar refractivity (Wildman–Crippen MR) is 89.1 cm³/mol. The number of aryl methyl sites for hydroxylation is 1. The fourth-order valence-electron chi connectivity index (χ4n) is 2.32. The van der Waals surface area contributed by atoms with Crippen LogP contribution in [0.15, 0.2) is 36.5 Å². The number of hydrogen-bond acceptors (Lipinski definition) is 2. The first kappa shape index (κ1) is 15.8. The number of hydrogen-bond donors (Lipinski definition) is 1. The van der Waals surface area contributed by atoms with Crippen LogP contribution < -0.4 is 5.32 Å². The van der Waals surface area contributed by atoms with E-state index in [9.17, 15) is 4.79 Å². The quantitative estimate of drug-likeness (QED) is 0.829. The van der Waals surface area contributed by atoms with Gasteiger partial charge in [-0.1, -0.05) is 25.1 Å². The summed E-state index contributed by atoms with van der Waals surface area (Å²) in [5.41, 5.74) is 2.08. The van der Waals surface area contributed by atoms with Crippen molar-refractivity contribution in [2.24, 2.45) is 0 Å². The van der Waals surface area contributed by atoms with Gasteiger partial charge in [-0.25, -0.2) is 0 Å². The molecule has 2 aromatic rings. The van der Waals surface area contributed by atoms with E-state index in [0.29, 0.717) is 13.0 Å². The van der Waals surface area contributed by atoms with Crippen LogP contribution in [0.2, 0.25) is 0 Å². The highest BCUT2D eigenvalue weighted by Crippen LogP contribution is 2.22. The van der Waals surface area contributed by atoms with Gasteiger partial charge in [0.2, 0.25) is 5.91 Å². The van der Waals surface area contributed by atoms with Gasteiger partial charge < -0.3 is 9.88 Å². The Morgan fingerprint density at radius 2 is 2.23 bits per heavy atom. The van der Waals surface area contributed by atoms with Crippen LogP contribution in [0.3, 0.4) is 0 Å². The first-order valence-electron chi connectivity index (χ1n) is 7.59. The Bertz CT molecular complexity index is 721. The molecule has 0 saturated heterocycles. The molecule has 114 valence electrons. The number of nitriles is 1. The van der Waals surface area contributed by atoms with Crippen molar-refractivity contribution in [2.45, 2.75) is 39.3 Å². The van der Waals surface area contributed by atoms with Crippen LogP contribution in [0.5, 0.6) is 0 Å². The molecule has 2 rings (SSSR count). The van der Waals surface area contributed by atoms with Crippen molar-refractivity contribution in [3.63, 3.8) is 0 Å². The third-order valence-corrected chi connectivity index (χ3v) is 3.70. The normalized spacial score (nSPS) is 12.4. The lowest BCUT2D eigenvalue weighted by Gasteiger charge is -2.08. The van der Waals surface area contributed by atoms with Gasteiger partial charge in [0.1, 0.15) is 0 Å². The van der Waals surface area contributed by atoms with Crippen molar-refractivity contribution < 1.29 is 4.79 Å². The minimum atomic E-state index is -0.0804. The Kier molecular flexibility index (Phi) is 5.37. The number of aromatic nitrogens is 1. The van der Waals surface area contributed by atoms with Gasteiger partial charge in [0.25, 0.3) is 0 Å². The molecule has 1 amide bonds. The minimum absolute atomic E-state index is 0.0804. The molecule has 1 aromatic heterocycles. The third kappa shape index (κ3) is 3.76.